The molecule has 0 spiro atoms. The number of ketones is 1. The average Bonchev–Trinajstić information content (AvgIpc) is 3.11. The molecular weight excluding hydrogens is 308 g/mol. The van der Waals surface area contributed by atoms with E-state index in [9.17, 15) is 4.79 Å². The number of hydrogen-bond acceptors (Lipinski definition) is 4. The molecule has 0 saturated heterocycles. The molecule has 3 nitrogen and oxygen atoms in total. The molecule has 0 bridgehead atoms. The summed E-state index contributed by atoms with van der Waals surface area (Å²) in [5.41, 5.74) is 0.539. The normalized spacial score (nSPS) is 11.0. The van der Waals surface area contributed by atoms with Crippen LogP contribution in [0.3, 0.4) is 0 Å². The minimum absolute atomic E-state index is 0.117. The molecule has 3 rings (SSSR count). The molecule has 0 atom stereocenters. The van der Waals surface area contributed by atoms with Crippen molar-refractivity contribution in [3.63, 3.8) is 0 Å². The monoisotopic (exact) mass is 320 g/mol. The molecule has 0 aliphatic carbocycles. The number of hydrogen-bond donors (Lipinski definition) is 0. The lowest BCUT2D eigenvalue weighted by Gasteiger charge is -2.00. The van der Waals surface area contributed by atoms with Crippen LogP contribution in [0.1, 0.15) is 27.2 Å². The molecule has 2 heterocycles. The quantitative estimate of drug-likeness (QED) is 0.638. The van der Waals surface area contributed by atoms with E-state index in [4.69, 9.17) is 20.8 Å². The Morgan fingerprint density at radius 2 is 2.14 bits per heavy atom. The van der Waals surface area contributed by atoms with Crippen molar-refractivity contribution < 1.29 is 13.9 Å². The highest BCUT2D eigenvalue weighted by atomic mass is 35.5. The Morgan fingerprint density at radius 1 is 1.33 bits per heavy atom. The zero-order valence-electron chi connectivity index (χ0n) is 11.6. The van der Waals surface area contributed by atoms with Gasteiger partial charge in [-0.1, -0.05) is 18.5 Å². The van der Waals surface area contributed by atoms with Gasteiger partial charge in [0.25, 0.3) is 0 Å². The predicted molar refractivity (Wildman–Crippen MR) is 84.9 cm³/mol. The Bertz CT molecular complexity index is 816. The summed E-state index contributed by atoms with van der Waals surface area (Å²) < 4.78 is 10.9. The number of carbonyl (C=O) groups is 1. The van der Waals surface area contributed by atoms with Gasteiger partial charge in [-0.25, -0.2) is 0 Å². The lowest BCUT2D eigenvalue weighted by molar-refractivity contribution is 0.101. The largest absolute Gasteiger partial charge is 0.493 e. The maximum Gasteiger partial charge on any atom is 0.238 e. The Kier molecular flexibility index (Phi) is 3.74. The molecule has 0 radical (unpaired) electrons. The maximum absolute atomic E-state index is 12.5. The summed E-state index contributed by atoms with van der Waals surface area (Å²) in [6, 6.07) is 8.94. The van der Waals surface area contributed by atoms with E-state index in [0.717, 1.165) is 11.8 Å². The maximum atomic E-state index is 12.5. The van der Waals surface area contributed by atoms with E-state index < -0.39 is 0 Å². The minimum Gasteiger partial charge on any atom is -0.493 e. The van der Waals surface area contributed by atoms with Gasteiger partial charge >= 0.3 is 0 Å². The number of fused-ring (bicyclic) bond motifs is 1. The third kappa shape index (κ3) is 2.57. The number of halogens is 1. The van der Waals surface area contributed by atoms with Gasteiger partial charge in [-0.2, -0.15) is 0 Å². The molecule has 0 saturated carbocycles. The van der Waals surface area contributed by atoms with Gasteiger partial charge < -0.3 is 9.15 Å². The van der Waals surface area contributed by atoms with E-state index in [2.05, 4.69) is 6.92 Å². The Labute approximate surface area is 131 Å². The lowest BCUT2D eigenvalue weighted by atomic mass is 10.2. The first-order chi connectivity index (χ1) is 10.1. The second kappa shape index (κ2) is 5.54. The van der Waals surface area contributed by atoms with Crippen molar-refractivity contribution in [1.82, 2.24) is 0 Å². The first kappa shape index (κ1) is 14.2. The Morgan fingerprint density at radius 3 is 2.81 bits per heavy atom. The third-order valence-corrected chi connectivity index (χ3v) is 4.67. The summed E-state index contributed by atoms with van der Waals surface area (Å²) in [6.07, 6.45) is 0.918. The molecular formula is C16H13ClO3S. The molecule has 0 aliphatic rings. The van der Waals surface area contributed by atoms with Crippen LogP contribution in [0, 0.1) is 0 Å². The van der Waals surface area contributed by atoms with E-state index in [0.29, 0.717) is 27.0 Å². The molecule has 0 aliphatic heterocycles. The number of aryl methyl sites for hydroxylation is 1. The van der Waals surface area contributed by atoms with Crippen LogP contribution in [0.25, 0.3) is 11.0 Å². The Balaban J connectivity index is 2.06. The highest BCUT2D eigenvalue weighted by molar-refractivity contribution is 7.14. The van der Waals surface area contributed by atoms with Gasteiger partial charge in [0, 0.05) is 21.4 Å². The number of benzene rings is 1. The van der Waals surface area contributed by atoms with Crippen LogP contribution >= 0.6 is 22.9 Å². The van der Waals surface area contributed by atoms with Crippen molar-refractivity contribution in [2.24, 2.45) is 0 Å². The van der Waals surface area contributed by atoms with E-state index in [1.54, 1.807) is 25.3 Å². The zero-order chi connectivity index (χ0) is 15.0. The third-order valence-electron chi connectivity index (χ3n) is 3.22. The van der Waals surface area contributed by atoms with Gasteiger partial charge in [0.2, 0.25) is 5.78 Å². The van der Waals surface area contributed by atoms with E-state index >= 15 is 0 Å². The van der Waals surface area contributed by atoms with Gasteiger partial charge in [-0.3, -0.25) is 4.79 Å². The second-order valence-electron chi connectivity index (χ2n) is 4.59. The molecule has 1 aromatic carbocycles. The number of ether oxygens (including phenoxy) is 1. The van der Waals surface area contributed by atoms with Crippen molar-refractivity contribution >= 4 is 39.7 Å². The van der Waals surface area contributed by atoms with Gasteiger partial charge in [-0.15, -0.1) is 11.3 Å². The molecule has 0 unspecified atom stereocenters. The van der Waals surface area contributed by atoms with Crippen LogP contribution in [0.5, 0.6) is 5.75 Å². The van der Waals surface area contributed by atoms with Gasteiger partial charge in [-0.05, 0) is 30.7 Å². The standard InChI is InChI=1S/C16H13ClO3S/c1-3-11-4-5-14(21-11)15(18)12-7-9-6-10(17)8-13(19-2)16(9)20-12/h4-8H,3H2,1-2H3. The fourth-order valence-corrected chi connectivity index (χ4v) is 3.27. The van der Waals surface area contributed by atoms with Crippen LogP contribution in [0.2, 0.25) is 5.02 Å². The van der Waals surface area contributed by atoms with Crippen LogP contribution in [-0.4, -0.2) is 12.9 Å². The smallest absolute Gasteiger partial charge is 0.238 e. The molecule has 108 valence electrons. The number of carbonyl (C=O) groups excluding carboxylic acids is 1. The first-order valence-electron chi connectivity index (χ1n) is 6.53. The SMILES string of the molecule is CCc1ccc(C(=O)c2cc3cc(Cl)cc(OC)c3o2)s1. The highest BCUT2D eigenvalue weighted by Crippen LogP contribution is 2.33. The topological polar surface area (TPSA) is 39.4 Å². The van der Waals surface area contributed by atoms with Crippen molar-refractivity contribution in [3.05, 3.63) is 50.9 Å². The minimum atomic E-state index is -0.117. The highest BCUT2D eigenvalue weighted by Gasteiger charge is 2.18. The van der Waals surface area contributed by atoms with Crippen LogP contribution in [0.4, 0.5) is 0 Å². The van der Waals surface area contributed by atoms with E-state index in [1.165, 1.54) is 16.2 Å². The van der Waals surface area contributed by atoms with Crippen molar-refractivity contribution in [2.75, 3.05) is 7.11 Å². The van der Waals surface area contributed by atoms with E-state index in [-0.39, 0.29) is 5.78 Å². The molecule has 3 aromatic rings. The number of furan rings is 1. The van der Waals surface area contributed by atoms with Gasteiger partial charge in [0.15, 0.2) is 17.1 Å². The molecule has 5 heteroatoms. The van der Waals surface area contributed by atoms with Crippen molar-refractivity contribution in [1.29, 1.82) is 0 Å². The zero-order valence-corrected chi connectivity index (χ0v) is 13.2. The molecule has 0 N–H and O–H groups in total. The fourth-order valence-electron chi connectivity index (χ4n) is 2.16. The first-order valence-corrected chi connectivity index (χ1v) is 7.72. The summed E-state index contributed by atoms with van der Waals surface area (Å²) in [5.74, 6) is 0.709. The molecule has 0 amide bonds. The van der Waals surface area contributed by atoms with Crippen molar-refractivity contribution in [2.45, 2.75) is 13.3 Å². The molecule has 0 fully saturated rings. The number of thiophene rings is 1. The van der Waals surface area contributed by atoms with Crippen LogP contribution in [-0.2, 0) is 6.42 Å². The fraction of sp³-hybridized carbons (Fsp3) is 0.188. The summed E-state index contributed by atoms with van der Waals surface area (Å²) in [4.78, 5) is 14.3. The lowest BCUT2D eigenvalue weighted by Crippen LogP contribution is -1.95. The van der Waals surface area contributed by atoms with Crippen molar-refractivity contribution in [3.8, 4) is 5.75 Å². The summed E-state index contributed by atoms with van der Waals surface area (Å²) in [5, 5.41) is 1.30. The van der Waals surface area contributed by atoms with Gasteiger partial charge in [0.05, 0.1) is 12.0 Å². The second-order valence-corrected chi connectivity index (χ2v) is 6.19. The average molecular weight is 321 g/mol. The molecule has 2 aromatic heterocycles. The van der Waals surface area contributed by atoms with Crippen LogP contribution < -0.4 is 4.74 Å². The van der Waals surface area contributed by atoms with E-state index in [1.807, 2.05) is 12.1 Å². The number of methoxy groups -OCH3 is 1. The molecule has 21 heavy (non-hydrogen) atoms. The summed E-state index contributed by atoms with van der Waals surface area (Å²) in [6.45, 7) is 2.06. The Hall–Kier alpha value is -1.78. The number of rotatable bonds is 4. The predicted octanol–water partition coefficient (Wildman–Crippen LogP) is 4.95. The summed E-state index contributed by atoms with van der Waals surface area (Å²) in [7, 11) is 1.54. The van der Waals surface area contributed by atoms with Crippen LogP contribution in [0.15, 0.2) is 34.7 Å². The van der Waals surface area contributed by atoms with Gasteiger partial charge in [0.1, 0.15) is 0 Å². The summed E-state index contributed by atoms with van der Waals surface area (Å²) >= 11 is 7.52.